The molecule has 0 saturated carbocycles. The molecular formula is C14H21ClN2O. The highest BCUT2D eigenvalue weighted by Gasteiger charge is 2.18. The van der Waals surface area contributed by atoms with Gasteiger partial charge < -0.3 is 15.4 Å². The van der Waals surface area contributed by atoms with Gasteiger partial charge in [-0.1, -0.05) is 24.6 Å². The van der Waals surface area contributed by atoms with Crippen molar-refractivity contribution < 1.29 is 4.74 Å². The molecule has 0 amide bonds. The fraction of sp³-hybridized carbons (Fsp3) is 0.571. The van der Waals surface area contributed by atoms with Crippen molar-refractivity contribution in [2.75, 3.05) is 24.6 Å². The lowest BCUT2D eigenvalue weighted by Gasteiger charge is -2.25. The zero-order valence-corrected chi connectivity index (χ0v) is 11.6. The van der Waals surface area contributed by atoms with Crippen LogP contribution in [0.25, 0.3) is 0 Å². The fourth-order valence-corrected chi connectivity index (χ4v) is 2.53. The second-order valence-corrected chi connectivity index (χ2v) is 5.09. The third-order valence-electron chi connectivity index (χ3n) is 3.43. The molecule has 100 valence electrons. The van der Waals surface area contributed by atoms with Crippen molar-refractivity contribution in [1.29, 1.82) is 0 Å². The molecule has 1 heterocycles. The van der Waals surface area contributed by atoms with Crippen LogP contribution in [0.1, 0.15) is 25.3 Å². The van der Waals surface area contributed by atoms with Crippen molar-refractivity contribution in [3.8, 4) is 0 Å². The van der Waals surface area contributed by atoms with E-state index < -0.39 is 0 Å². The number of ether oxygens (including phenoxy) is 1. The minimum atomic E-state index is 0.320. The van der Waals surface area contributed by atoms with E-state index in [2.05, 4.69) is 17.9 Å². The lowest BCUT2D eigenvalue weighted by Crippen LogP contribution is -2.31. The van der Waals surface area contributed by atoms with Gasteiger partial charge >= 0.3 is 0 Å². The average molecular weight is 269 g/mol. The van der Waals surface area contributed by atoms with E-state index >= 15 is 0 Å². The molecule has 1 aromatic rings. The van der Waals surface area contributed by atoms with Gasteiger partial charge in [-0.05, 0) is 30.5 Å². The second-order valence-electron chi connectivity index (χ2n) is 4.68. The molecule has 0 bridgehead atoms. The summed E-state index contributed by atoms with van der Waals surface area (Å²) in [6.45, 7) is 5.46. The minimum absolute atomic E-state index is 0.320. The van der Waals surface area contributed by atoms with E-state index in [-0.39, 0.29) is 0 Å². The van der Waals surface area contributed by atoms with Crippen molar-refractivity contribution in [3.63, 3.8) is 0 Å². The van der Waals surface area contributed by atoms with Gasteiger partial charge in [-0.3, -0.25) is 0 Å². The van der Waals surface area contributed by atoms with E-state index in [1.807, 2.05) is 12.1 Å². The quantitative estimate of drug-likeness (QED) is 0.916. The maximum absolute atomic E-state index is 6.22. The number of benzene rings is 1. The molecule has 18 heavy (non-hydrogen) atoms. The SMILES string of the molecule is CCC1CN(c2ccc(CN)c(Cl)c2)CCCO1. The van der Waals surface area contributed by atoms with Crippen LogP contribution in [0.5, 0.6) is 0 Å². The van der Waals surface area contributed by atoms with Gasteiger partial charge in [0.05, 0.1) is 6.10 Å². The molecule has 1 unspecified atom stereocenters. The predicted molar refractivity (Wildman–Crippen MR) is 76.2 cm³/mol. The van der Waals surface area contributed by atoms with Crippen LogP contribution in [0, 0.1) is 0 Å². The highest BCUT2D eigenvalue weighted by Crippen LogP contribution is 2.25. The van der Waals surface area contributed by atoms with Crippen LogP contribution in [0.15, 0.2) is 18.2 Å². The highest BCUT2D eigenvalue weighted by atomic mass is 35.5. The van der Waals surface area contributed by atoms with Gasteiger partial charge in [0.25, 0.3) is 0 Å². The first kappa shape index (κ1) is 13.7. The molecule has 0 radical (unpaired) electrons. The van der Waals surface area contributed by atoms with Gasteiger partial charge in [0.2, 0.25) is 0 Å². The molecule has 0 spiro atoms. The van der Waals surface area contributed by atoms with Crippen LogP contribution in [-0.4, -0.2) is 25.8 Å². The molecule has 1 aliphatic rings. The topological polar surface area (TPSA) is 38.5 Å². The third kappa shape index (κ3) is 3.16. The van der Waals surface area contributed by atoms with Crippen molar-refractivity contribution in [2.45, 2.75) is 32.4 Å². The van der Waals surface area contributed by atoms with Gasteiger partial charge in [0, 0.05) is 37.0 Å². The zero-order chi connectivity index (χ0) is 13.0. The summed E-state index contributed by atoms with van der Waals surface area (Å²) in [5.41, 5.74) is 7.80. The van der Waals surface area contributed by atoms with Crippen molar-refractivity contribution in [3.05, 3.63) is 28.8 Å². The number of nitrogens with two attached hydrogens (primary N) is 1. The first-order chi connectivity index (χ1) is 8.74. The lowest BCUT2D eigenvalue weighted by molar-refractivity contribution is 0.0664. The zero-order valence-electron chi connectivity index (χ0n) is 10.9. The van der Waals surface area contributed by atoms with Crippen molar-refractivity contribution in [2.24, 2.45) is 5.73 Å². The Morgan fingerprint density at radius 3 is 3.00 bits per heavy atom. The van der Waals surface area contributed by atoms with Crippen molar-refractivity contribution in [1.82, 2.24) is 0 Å². The number of hydrogen-bond acceptors (Lipinski definition) is 3. The van der Waals surface area contributed by atoms with E-state index in [1.165, 1.54) is 5.69 Å². The molecule has 1 aliphatic heterocycles. The van der Waals surface area contributed by atoms with E-state index in [9.17, 15) is 0 Å². The van der Waals surface area contributed by atoms with Crippen LogP contribution in [0.3, 0.4) is 0 Å². The lowest BCUT2D eigenvalue weighted by atomic mass is 10.1. The Hall–Kier alpha value is -0.770. The Labute approximate surface area is 114 Å². The molecule has 2 rings (SSSR count). The Kier molecular flexibility index (Phi) is 4.87. The normalized spacial score (nSPS) is 20.8. The highest BCUT2D eigenvalue weighted by molar-refractivity contribution is 6.31. The summed E-state index contributed by atoms with van der Waals surface area (Å²) in [6, 6.07) is 6.14. The summed E-state index contributed by atoms with van der Waals surface area (Å²) in [5, 5.41) is 0.758. The van der Waals surface area contributed by atoms with Gasteiger partial charge in [-0.25, -0.2) is 0 Å². The second kappa shape index (κ2) is 6.41. The number of anilines is 1. The maximum Gasteiger partial charge on any atom is 0.0747 e. The van der Waals surface area contributed by atoms with E-state index in [0.717, 1.165) is 43.1 Å². The maximum atomic E-state index is 6.22. The van der Waals surface area contributed by atoms with E-state index in [4.69, 9.17) is 22.1 Å². The molecule has 4 heteroatoms. The monoisotopic (exact) mass is 268 g/mol. The van der Waals surface area contributed by atoms with Crippen molar-refractivity contribution >= 4 is 17.3 Å². The molecule has 0 aliphatic carbocycles. The molecule has 1 atom stereocenters. The minimum Gasteiger partial charge on any atom is -0.376 e. The standard InChI is InChI=1S/C14H21ClN2O/c1-2-13-10-17(6-3-7-18-13)12-5-4-11(9-16)14(15)8-12/h4-5,8,13H,2-3,6-7,9-10,16H2,1H3. The number of rotatable bonds is 3. The number of hydrogen-bond donors (Lipinski definition) is 1. The summed E-state index contributed by atoms with van der Waals surface area (Å²) in [4.78, 5) is 2.35. The first-order valence-electron chi connectivity index (χ1n) is 6.59. The fourth-order valence-electron chi connectivity index (χ4n) is 2.28. The largest absolute Gasteiger partial charge is 0.376 e. The number of halogens is 1. The summed E-state index contributed by atoms with van der Waals surface area (Å²) < 4.78 is 5.78. The molecule has 1 saturated heterocycles. The van der Waals surface area contributed by atoms with Crippen LogP contribution in [0.4, 0.5) is 5.69 Å². The van der Waals surface area contributed by atoms with E-state index in [1.54, 1.807) is 0 Å². The molecular weight excluding hydrogens is 248 g/mol. The Morgan fingerprint density at radius 2 is 2.33 bits per heavy atom. The van der Waals surface area contributed by atoms with Crippen LogP contribution in [0.2, 0.25) is 5.02 Å². The summed E-state index contributed by atoms with van der Waals surface area (Å²) >= 11 is 6.22. The Bertz CT molecular complexity index is 397. The van der Waals surface area contributed by atoms with Gasteiger partial charge in [0.1, 0.15) is 0 Å². The van der Waals surface area contributed by atoms with Gasteiger partial charge in [0.15, 0.2) is 0 Å². The Morgan fingerprint density at radius 1 is 1.50 bits per heavy atom. The van der Waals surface area contributed by atoms with Crippen LogP contribution >= 0.6 is 11.6 Å². The predicted octanol–water partition coefficient (Wildman–Crippen LogP) is 2.80. The summed E-state index contributed by atoms with van der Waals surface area (Å²) in [6.07, 6.45) is 2.43. The van der Waals surface area contributed by atoms with Crippen LogP contribution in [-0.2, 0) is 11.3 Å². The van der Waals surface area contributed by atoms with E-state index in [0.29, 0.717) is 12.6 Å². The summed E-state index contributed by atoms with van der Waals surface area (Å²) in [7, 11) is 0. The first-order valence-corrected chi connectivity index (χ1v) is 6.97. The average Bonchev–Trinajstić information content (AvgIpc) is 2.64. The Balaban J connectivity index is 2.16. The molecule has 1 aromatic carbocycles. The van der Waals surface area contributed by atoms with Crippen LogP contribution < -0.4 is 10.6 Å². The van der Waals surface area contributed by atoms with Gasteiger partial charge in [-0.15, -0.1) is 0 Å². The summed E-state index contributed by atoms with van der Waals surface area (Å²) in [5.74, 6) is 0. The van der Waals surface area contributed by atoms with Gasteiger partial charge in [-0.2, -0.15) is 0 Å². The molecule has 3 nitrogen and oxygen atoms in total. The smallest absolute Gasteiger partial charge is 0.0747 e. The third-order valence-corrected chi connectivity index (χ3v) is 3.78. The molecule has 0 aromatic heterocycles. The number of nitrogens with zero attached hydrogens (tertiary/aromatic N) is 1. The molecule has 2 N–H and O–H groups in total. The molecule has 1 fully saturated rings.